The third kappa shape index (κ3) is 10.5. The van der Waals surface area contributed by atoms with Crippen LogP contribution >= 0.6 is 0 Å². The summed E-state index contributed by atoms with van der Waals surface area (Å²) in [5.74, 6) is -0.438. The molecule has 0 saturated heterocycles. The van der Waals surface area contributed by atoms with Gasteiger partial charge in [-0.05, 0) is 27.7 Å². The Bertz CT molecular complexity index is 785. The highest BCUT2D eigenvalue weighted by Crippen LogP contribution is 2.36. The van der Waals surface area contributed by atoms with Gasteiger partial charge in [-0.2, -0.15) is 26.3 Å². The lowest BCUT2D eigenvalue weighted by Gasteiger charge is -2.37. The molecule has 0 aliphatic heterocycles. The number of rotatable bonds is 10. The zero-order valence-electron chi connectivity index (χ0n) is 17.7. The maximum absolute atomic E-state index is 11.4. The molecule has 0 amide bonds. The molecule has 0 fully saturated rings. The Balaban J connectivity index is 0. The largest absolute Gasteiger partial charge is 0.480 e. The van der Waals surface area contributed by atoms with Gasteiger partial charge in [-0.3, -0.25) is 0 Å². The van der Waals surface area contributed by atoms with E-state index in [1.165, 1.54) is 0 Å². The highest BCUT2D eigenvalue weighted by molar-refractivity contribution is 8.13. The Kier molecular flexibility index (Phi) is 12.4. The molecule has 9 nitrogen and oxygen atoms in total. The SMILES string of the molecule is C=C(C)C(=O)OCC(O)C[N+](CC)(CC)CC.O=S(=O)([N-]S(=O)(=O)C(F)(F)F)C(F)(F)F. The van der Waals surface area contributed by atoms with Gasteiger partial charge in [0.1, 0.15) is 19.3 Å². The highest BCUT2D eigenvalue weighted by Gasteiger charge is 2.46. The minimum Gasteiger partial charge on any atom is -0.459 e. The third-order valence-corrected chi connectivity index (χ3v) is 6.89. The molecule has 0 bridgehead atoms. The average Bonchev–Trinajstić information content (AvgIpc) is 2.62. The van der Waals surface area contributed by atoms with Crippen LogP contribution in [0.1, 0.15) is 27.7 Å². The first-order valence-electron chi connectivity index (χ1n) is 8.84. The summed E-state index contributed by atoms with van der Waals surface area (Å²) >= 11 is 0. The number of hydrogen-bond donors (Lipinski definition) is 1. The van der Waals surface area contributed by atoms with Crippen molar-refractivity contribution in [3.63, 3.8) is 0 Å². The van der Waals surface area contributed by atoms with Crippen molar-refractivity contribution in [2.45, 2.75) is 44.8 Å². The number of esters is 1. The van der Waals surface area contributed by atoms with Gasteiger partial charge >= 0.3 is 17.0 Å². The molecular weight excluding hydrogens is 498 g/mol. The molecule has 0 aromatic rings. The zero-order chi connectivity index (χ0) is 26.2. The summed E-state index contributed by atoms with van der Waals surface area (Å²) in [6.07, 6.45) is -0.613. The maximum Gasteiger partial charge on any atom is 0.480 e. The molecule has 1 N–H and O–H groups in total. The Morgan fingerprint density at radius 3 is 1.56 bits per heavy atom. The van der Waals surface area contributed by atoms with E-state index in [0.717, 1.165) is 28.2 Å². The van der Waals surface area contributed by atoms with Gasteiger partial charge in [0.25, 0.3) is 0 Å². The average molecular weight is 525 g/mol. The van der Waals surface area contributed by atoms with Crippen molar-refractivity contribution in [2.75, 3.05) is 32.8 Å². The number of aliphatic hydroxyl groups is 1. The molecule has 0 heterocycles. The Morgan fingerprint density at radius 2 is 1.31 bits per heavy atom. The number of carbonyl (C=O) groups excluding carboxylic acids is 1. The van der Waals surface area contributed by atoms with Crippen LogP contribution in [0.2, 0.25) is 0 Å². The number of aliphatic hydroxyl groups excluding tert-OH is 1. The fraction of sp³-hybridized carbons (Fsp3) is 0.800. The minimum atomic E-state index is -6.72. The van der Waals surface area contributed by atoms with E-state index in [1.807, 2.05) is 0 Å². The summed E-state index contributed by atoms with van der Waals surface area (Å²) in [5, 5.41) is 9.89. The van der Waals surface area contributed by atoms with Gasteiger partial charge in [-0.1, -0.05) is 6.58 Å². The number of hydrogen-bond acceptors (Lipinski definition) is 7. The molecule has 0 aliphatic rings. The van der Waals surface area contributed by atoms with Crippen LogP contribution in [0.15, 0.2) is 12.2 Å². The van der Waals surface area contributed by atoms with E-state index >= 15 is 0 Å². The molecule has 0 aromatic heterocycles. The minimum absolute atomic E-state index is 0.0473. The van der Waals surface area contributed by atoms with Gasteiger partial charge in [0.15, 0.2) is 20.0 Å². The molecule has 32 heavy (non-hydrogen) atoms. The number of carbonyl (C=O) groups is 1. The summed E-state index contributed by atoms with van der Waals surface area (Å²) in [6.45, 7) is 15.0. The van der Waals surface area contributed by atoms with Crippen molar-refractivity contribution in [1.29, 1.82) is 0 Å². The van der Waals surface area contributed by atoms with Crippen molar-refractivity contribution >= 4 is 26.0 Å². The van der Waals surface area contributed by atoms with E-state index in [0.29, 0.717) is 12.1 Å². The van der Waals surface area contributed by atoms with Crippen molar-refractivity contribution in [1.82, 2.24) is 0 Å². The van der Waals surface area contributed by atoms with E-state index in [-0.39, 0.29) is 6.61 Å². The quantitative estimate of drug-likeness (QED) is 0.201. The van der Waals surface area contributed by atoms with Gasteiger partial charge in [0.2, 0.25) is 0 Å². The lowest BCUT2D eigenvalue weighted by atomic mass is 10.2. The van der Waals surface area contributed by atoms with Gasteiger partial charge in [-0.15, -0.1) is 0 Å². The van der Waals surface area contributed by atoms with Crippen LogP contribution in [0.5, 0.6) is 0 Å². The molecule has 0 aliphatic carbocycles. The Morgan fingerprint density at radius 1 is 0.969 bits per heavy atom. The molecule has 17 heteroatoms. The van der Waals surface area contributed by atoms with E-state index in [1.54, 1.807) is 6.92 Å². The first-order valence-corrected chi connectivity index (χ1v) is 11.7. The molecule has 0 saturated carbocycles. The van der Waals surface area contributed by atoms with Crippen molar-refractivity contribution < 1.29 is 62.3 Å². The second-order valence-corrected chi connectivity index (χ2v) is 9.84. The second-order valence-electron chi connectivity index (χ2n) is 6.42. The number of alkyl halides is 6. The van der Waals surface area contributed by atoms with Gasteiger partial charge in [-0.25, -0.2) is 21.6 Å². The zero-order valence-corrected chi connectivity index (χ0v) is 19.3. The lowest BCUT2D eigenvalue weighted by Crippen LogP contribution is -2.52. The van der Waals surface area contributed by atoms with Crippen LogP contribution in [0.3, 0.4) is 0 Å². The molecule has 1 atom stereocenters. The number of nitrogens with zero attached hydrogens (tertiary/aromatic N) is 2. The fourth-order valence-electron chi connectivity index (χ4n) is 2.07. The van der Waals surface area contributed by atoms with E-state index in [9.17, 15) is 53.1 Å². The number of likely N-dealkylation sites (N-methyl/N-ethyl adjacent to an activating group) is 1. The molecular formula is C15H26F6N2O7S2. The van der Waals surface area contributed by atoms with Crippen LogP contribution in [-0.4, -0.2) is 82.3 Å². The van der Waals surface area contributed by atoms with Crippen LogP contribution in [0.25, 0.3) is 4.13 Å². The van der Waals surface area contributed by atoms with E-state index < -0.39 is 43.1 Å². The lowest BCUT2D eigenvalue weighted by molar-refractivity contribution is -0.926. The second kappa shape index (κ2) is 12.2. The van der Waals surface area contributed by atoms with Crippen LogP contribution in [0, 0.1) is 0 Å². The predicted octanol–water partition coefficient (Wildman–Crippen LogP) is 2.40. The Hall–Kier alpha value is -1.43. The third-order valence-electron chi connectivity index (χ3n) is 4.15. The molecule has 0 aromatic carbocycles. The summed E-state index contributed by atoms with van der Waals surface area (Å²) in [4.78, 5) is 11.2. The summed E-state index contributed by atoms with van der Waals surface area (Å²) < 4.78 is 115. The summed E-state index contributed by atoms with van der Waals surface area (Å²) in [6, 6.07) is 0. The van der Waals surface area contributed by atoms with Crippen LogP contribution in [-0.2, 0) is 29.6 Å². The fourth-order valence-corrected chi connectivity index (χ4v) is 3.78. The van der Waals surface area contributed by atoms with Crippen molar-refractivity contribution in [2.24, 2.45) is 0 Å². The molecule has 1 unspecified atom stereocenters. The van der Waals surface area contributed by atoms with Crippen molar-refractivity contribution in [3.8, 4) is 0 Å². The standard InChI is InChI=1S/C13H26NO3.C2F6NO4S2/c1-6-14(7-2,8-3)9-12(15)10-17-13(16)11(4)5;3-1(4,5)14(10,11)9-15(12,13)2(6,7)8/h12,15H,4,6-10H2,1-3,5H3;/q+1;-1. The van der Waals surface area contributed by atoms with Crippen molar-refractivity contribution in [3.05, 3.63) is 16.3 Å². The number of halogens is 6. The van der Waals surface area contributed by atoms with Gasteiger partial charge < -0.3 is 18.5 Å². The molecule has 0 spiro atoms. The first-order chi connectivity index (χ1) is 14.1. The normalized spacial score (nSPS) is 14.2. The van der Waals surface area contributed by atoms with E-state index in [2.05, 4.69) is 27.4 Å². The topological polar surface area (TPSA) is 129 Å². The number of ether oxygens (including phenoxy) is 1. The number of quaternary nitrogens is 1. The van der Waals surface area contributed by atoms with Gasteiger partial charge in [0, 0.05) is 5.57 Å². The smallest absolute Gasteiger partial charge is 0.459 e. The van der Waals surface area contributed by atoms with Crippen LogP contribution < -0.4 is 0 Å². The molecule has 0 rings (SSSR count). The monoisotopic (exact) mass is 524 g/mol. The molecule has 192 valence electrons. The maximum atomic E-state index is 11.4. The summed E-state index contributed by atoms with van der Waals surface area (Å²) in [5.41, 5.74) is -12.0. The number of sulfonamides is 2. The van der Waals surface area contributed by atoms with Crippen LogP contribution in [0.4, 0.5) is 26.3 Å². The Labute approximate surface area is 182 Å². The van der Waals surface area contributed by atoms with E-state index in [4.69, 9.17) is 4.74 Å². The highest BCUT2D eigenvalue weighted by atomic mass is 32.3. The molecule has 0 radical (unpaired) electrons. The first kappa shape index (κ1) is 32.7. The predicted molar refractivity (Wildman–Crippen MR) is 102 cm³/mol. The van der Waals surface area contributed by atoms with Gasteiger partial charge in [0.05, 0.1) is 19.6 Å². The summed E-state index contributed by atoms with van der Waals surface area (Å²) in [7, 11) is -13.4.